The van der Waals surface area contributed by atoms with Gasteiger partial charge in [0.1, 0.15) is 35.1 Å². The molecule has 1 unspecified atom stereocenters. The number of hydrogen-bond donors (Lipinski definition) is 6. The number of halogens is 3. The van der Waals surface area contributed by atoms with Crippen molar-refractivity contribution in [3.63, 3.8) is 0 Å². The first-order chi connectivity index (χ1) is 31.0. The van der Waals surface area contributed by atoms with Crippen molar-refractivity contribution in [2.45, 2.75) is 217 Å². The summed E-state index contributed by atoms with van der Waals surface area (Å²) in [5.74, 6) is -2.91. The average molecular weight is 969 g/mol. The van der Waals surface area contributed by atoms with Crippen LogP contribution >= 0.6 is 0 Å². The highest BCUT2D eigenvalue weighted by atomic mass is 19.4. The Balaban J connectivity index is 1.50. The van der Waals surface area contributed by atoms with Gasteiger partial charge in [0.15, 0.2) is 12.6 Å². The van der Waals surface area contributed by atoms with Crippen LogP contribution in [0.3, 0.4) is 0 Å². The first-order valence-electron chi connectivity index (χ1n) is 24.4. The van der Waals surface area contributed by atoms with E-state index in [1.807, 2.05) is 11.8 Å². The van der Waals surface area contributed by atoms with E-state index >= 15 is 0 Å². The van der Waals surface area contributed by atoms with Gasteiger partial charge in [0, 0.05) is 58.1 Å². The van der Waals surface area contributed by atoms with Gasteiger partial charge in [-0.3, -0.25) is 14.5 Å². The minimum absolute atomic E-state index is 0.0268. The normalized spacial score (nSPS) is 46.1. The number of esters is 1. The molecular weight excluding hydrogens is 886 g/mol. The third-order valence-electron chi connectivity index (χ3n) is 15.9. The van der Waals surface area contributed by atoms with Crippen LogP contribution in [-0.4, -0.2) is 191 Å². The number of aliphatic hydroxyl groups excluding tert-OH is 1. The van der Waals surface area contributed by atoms with Crippen molar-refractivity contribution in [2.24, 2.45) is 23.7 Å². The Hall–Kier alpha value is -1.79. The molecule has 390 valence electrons. The second-order valence-electron chi connectivity index (χ2n) is 21.3. The van der Waals surface area contributed by atoms with Crippen molar-refractivity contribution in [3.8, 4) is 0 Å². The number of alkyl halides is 3. The quantitative estimate of drug-likeness (QED) is 0.174. The molecule has 19 atom stereocenters. The molecule has 0 aliphatic carbocycles. The Morgan fingerprint density at radius 2 is 1.63 bits per heavy atom. The maximum absolute atomic E-state index is 14.5. The van der Waals surface area contributed by atoms with Crippen molar-refractivity contribution in [1.29, 1.82) is 0 Å². The topological polar surface area (TPSA) is 210 Å². The molecule has 0 aromatic carbocycles. The average Bonchev–Trinajstić information content (AvgIpc) is 3.59. The predicted octanol–water partition coefficient (Wildman–Crippen LogP) is 3.07. The van der Waals surface area contributed by atoms with Gasteiger partial charge in [-0.05, 0) is 113 Å². The molecule has 17 nitrogen and oxygen atoms in total. The Bertz CT molecular complexity index is 1640. The van der Waals surface area contributed by atoms with Gasteiger partial charge in [-0.15, -0.1) is 0 Å². The van der Waals surface area contributed by atoms with Crippen molar-refractivity contribution in [3.05, 3.63) is 0 Å². The third kappa shape index (κ3) is 12.3. The Morgan fingerprint density at radius 1 is 0.985 bits per heavy atom. The smallest absolute Gasteiger partial charge is 0.428 e. The number of amides is 1. The van der Waals surface area contributed by atoms with Gasteiger partial charge in [0.25, 0.3) is 0 Å². The van der Waals surface area contributed by atoms with E-state index in [1.165, 1.54) is 21.1 Å². The molecule has 0 saturated carbocycles. The minimum atomic E-state index is -4.71. The molecule has 6 N–H and O–H groups in total. The van der Waals surface area contributed by atoms with Crippen molar-refractivity contribution in [2.75, 3.05) is 46.9 Å². The summed E-state index contributed by atoms with van der Waals surface area (Å²) in [6.07, 6.45) is -15.1. The molecule has 5 fully saturated rings. The Morgan fingerprint density at radius 3 is 2.21 bits per heavy atom. The number of nitrogens with zero attached hydrogens (tertiary/aromatic N) is 2. The summed E-state index contributed by atoms with van der Waals surface area (Å²) in [5, 5.41) is 55.0. The second-order valence-corrected chi connectivity index (χ2v) is 21.3. The van der Waals surface area contributed by atoms with Gasteiger partial charge in [-0.25, -0.2) is 0 Å². The number of methoxy groups -OCH3 is 1. The summed E-state index contributed by atoms with van der Waals surface area (Å²) < 4.78 is 87.1. The fourth-order valence-corrected chi connectivity index (χ4v) is 11.4. The second kappa shape index (κ2) is 21.9. The molecule has 5 rings (SSSR count). The number of likely N-dealkylation sites (N-methyl/N-ethyl adjacent to an activating group) is 1. The number of carbonyl (C=O) groups is 2. The molecule has 5 aliphatic heterocycles. The largest absolute Gasteiger partial charge is 0.459 e. The first-order valence-corrected chi connectivity index (χ1v) is 24.4. The highest BCUT2D eigenvalue weighted by Crippen LogP contribution is 2.45. The molecule has 5 aliphatic rings. The maximum Gasteiger partial charge on any atom is 0.428 e. The first kappa shape index (κ1) is 56.1. The van der Waals surface area contributed by atoms with Crippen LogP contribution in [0.2, 0.25) is 0 Å². The van der Waals surface area contributed by atoms with Crippen LogP contribution in [0.5, 0.6) is 0 Å². The van der Waals surface area contributed by atoms with Crippen molar-refractivity contribution in [1.82, 2.24) is 20.4 Å². The fourth-order valence-electron chi connectivity index (χ4n) is 11.4. The van der Waals surface area contributed by atoms with E-state index in [2.05, 4.69) is 10.6 Å². The van der Waals surface area contributed by atoms with Gasteiger partial charge >= 0.3 is 12.1 Å². The van der Waals surface area contributed by atoms with Crippen LogP contribution in [0.1, 0.15) is 115 Å². The Kier molecular flexibility index (Phi) is 18.4. The van der Waals surface area contributed by atoms with Crippen LogP contribution in [0.15, 0.2) is 0 Å². The SMILES string of the molecule is CC[C@H]1OC(=O)[C@H](C)[C@@H](O[C@H]2C[C@@](C)(OC)[C@](O)(CNCC3CCN(C(C)=O)CC3)[C@H](C)O2)[C@H](C)[C@@H](O[C@@H]2O[C@H](C)C[C@H]3[C@H]2OC(C(F)(F)F)N3C)[C@](C)(O)C[C@@H](C)CN[C@H](C)[C@@H](O)[C@]1(C)O. The molecule has 5 heterocycles. The molecule has 5 saturated heterocycles. The van der Waals surface area contributed by atoms with Crippen LogP contribution in [0.4, 0.5) is 13.2 Å². The monoisotopic (exact) mass is 969 g/mol. The number of ether oxygens (including phenoxy) is 7. The van der Waals surface area contributed by atoms with Gasteiger partial charge < -0.3 is 69.1 Å². The lowest BCUT2D eigenvalue weighted by atomic mass is 9.75. The fraction of sp³-hybridized carbons (Fsp3) is 0.957. The van der Waals surface area contributed by atoms with Gasteiger partial charge in [-0.1, -0.05) is 20.8 Å². The summed E-state index contributed by atoms with van der Waals surface area (Å²) in [6.45, 7) is 20.6. The summed E-state index contributed by atoms with van der Waals surface area (Å²) >= 11 is 0. The van der Waals surface area contributed by atoms with Gasteiger partial charge in [-0.2, -0.15) is 13.2 Å². The molecule has 0 radical (unpaired) electrons. The number of carbonyl (C=O) groups excluding carboxylic acids is 2. The number of likely N-dealkylation sites (tertiary alicyclic amines) is 1. The number of hydrogen-bond acceptors (Lipinski definition) is 16. The maximum atomic E-state index is 14.5. The van der Waals surface area contributed by atoms with E-state index in [-0.39, 0.29) is 50.6 Å². The van der Waals surface area contributed by atoms with E-state index in [9.17, 15) is 43.2 Å². The number of nitrogens with one attached hydrogen (secondary N) is 2. The zero-order chi connectivity index (χ0) is 50.2. The lowest BCUT2D eigenvalue weighted by Crippen LogP contribution is -2.70. The zero-order valence-electron chi connectivity index (χ0n) is 42.0. The molecule has 0 aromatic heterocycles. The number of cyclic esters (lactones) is 1. The molecule has 1 amide bonds. The van der Waals surface area contributed by atoms with Crippen LogP contribution in [0, 0.1) is 23.7 Å². The number of piperidine rings is 1. The van der Waals surface area contributed by atoms with Crippen LogP contribution in [-0.2, 0) is 42.7 Å². The summed E-state index contributed by atoms with van der Waals surface area (Å²) in [6, 6.07) is -1.43. The summed E-state index contributed by atoms with van der Waals surface area (Å²) in [4.78, 5) is 29.3. The van der Waals surface area contributed by atoms with Crippen LogP contribution < -0.4 is 10.6 Å². The number of rotatable bonds is 10. The van der Waals surface area contributed by atoms with Gasteiger partial charge in [0.2, 0.25) is 12.1 Å². The van der Waals surface area contributed by atoms with E-state index in [0.717, 1.165) is 17.7 Å². The van der Waals surface area contributed by atoms with E-state index in [4.69, 9.17) is 33.2 Å². The van der Waals surface area contributed by atoms with Gasteiger partial charge in [0.05, 0.1) is 35.9 Å². The van der Waals surface area contributed by atoms with E-state index in [0.29, 0.717) is 25.6 Å². The standard InChI is InChI=1S/C47H83F3N4O13/c1-14-34-45(11,59)38(56)29(6)52-22-25(2)20-43(9,58)39(67-41-37-33(19-26(3)62-41)53(12)42(66-37)47(48,49)50)27(4)36(28(5)40(57)64-34)65-35-21-44(10,61-13)46(60,30(7)63-35)24-51-23-32-15-17-54(18-16-32)31(8)55/h25-30,32-39,41-42,51-52,56,58-60H,14-24H2,1-13H3/t25-,26-,27+,28-,29-,30+,33+,34-,35+,36+,37-,38-,39-,41+,42?,43-,44-,45-,46+/m1/s1. The van der Waals surface area contributed by atoms with Crippen LogP contribution in [0.25, 0.3) is 0 Å². The highest BCUT2D eigenvalue weighted by Gasteiger charge is 2.61. The number of fused-ring (bicyclic) bond motifs is 1. The number of aliphatic hydroxyl groups is 4. The summed E-state index contributed by atoms with van der Waals surface area (Å²) in [7, 11) is 2.83. The summed E-state index contributed by atoms with van der Waals surface area (Å²) in [5.41, 5.74) is -6.53. The van der Waals surface area contributed by atoms with E-state index in [1.54, 1.807) is 62.3 Å². The van der Waals surface area contributed by atoms with E-state index < -0.39 is 120 Å². The molecule has 0 spiro atoms. The lowest BCUT2D eigenvalue weighted by molar-refractivity contribution is -0.336. The van der Waals surface area contributed by atoms with Crippen molar-refractivity contribution >= 4 is 11.9 Å². The Labute approximate surface area is 395 Å². The lowest BCUT2D eigenvalue weighted by Gasteiger charge is -2.54. The highest BCUT2D eigenvalue weighted by molar-refractivity contribution is 5.73. The predicted molar refractivity (Wildman–Crippen MR) is 239 cm³/mol. The molecule has 67 heavy (non-hydrogen) atoms. The molecule has 20 heteroatoms. The minimum Gasteiger partial charge on any atom is -0.459 e. The molecule has 0 bridgehead atoms. The zero-order valence-corrected chi connectivity index (χ0v) is 42.0. The van der Waals surface area contributed by atoms with Crippen molar-refractivity contribution < 1.29 is 76.3 Å². The third-order valence-corrected chi connectivity index (χ3v) is 15.9. The molecule has 0 aromatic rings. The molecular formula is C47H83F3N4O13.